The second kappa shape index (κ2) is 6.61. The van der Waals surface area contributed by atoms with E-state index in [-0.39, 0.29) is 5.56 Å². The molecule has 0 aliphatic heterocycles. The van der Waals surface area contributed by atoms with Crippen LogP contribution in [-0.2, 0) is 14.8 Å². The lowest BCUT2D eigenvalue weighted by Crippen LogP contribution is -2.47. The summed E-state index contributed by atoms with van der Waals surface area (Å²) in [5.41, 5.74) is -0.162. The Morgan fingerprint density at radius 2 is 1.52 bits per heavy atom. The van der Waals surface area contributed by atoms with E-state index in [1.165, 1.54) is 34.3 Å². The fraction of sp³-hybridized carbons (Fsp3) is 0.100. The zero-order valence-corrected chi connectivity index (χ0v) is 13.1. The van der Waals surface area contributed by atoms with E-state index in [0.717, 1.165) is 0 Å². The maximum atomic E-state index is 11.7. The monoisotopic (exact) mass is 372 g/mol. The molecule has 0 aliphatic rings. The van der Waals surface area contributed by atoms with Crippen LogP contribution in [0.2, 0.25) is 0 Å². The molecular weight excluding hydrogens is 367 g/mol. The molecule has 21 heavy (non-hydrogen) atoms. The molecule has 0 atom stereocenters. The molecule has 3 amide bonds. The molecule has 0 aromatic heterocycles. The molecule has 0 bridgehead atoms. The number of sulfonamides is 1. The van der Waals surface area contributed by atoms with Gasteiger partial charge in [0.1, 0.15) is 0 Å². The number of rotatable bonds is 1. The number of hydrogen-bond donors (Lipinski definition) is 2. The zero-order chi connectivity index (χ0) is 16.3. The van der Waals surface area contributed by atoms with E-state index in [1.54, 1.807) is 6.07 Å². The van der Waals surface area contributed by atoms with Gasteiger partial charge in [-0.15, -0.1) is 0 Å². The molecule has 2 N–H and O–H groups in total. The highest BCUT2D eigenvalue weighted by molar-refractivity contribution is 8.05. The van der Waals surface area contributed by atoms with Crippen molar-refractivity contribution in [1.29, 1.82) is 0 Å². The van der Waals surface area contributed by atoms with Gasteiger partial charge in [-0.3, -0.25) is 14.9 Å². The summed E-state index contributed by atoms with van der Waals surface area (Å²) in [4.78, 5) is 34.1. The van der Waals surface area contributed by atoms with Crippen molar-refractivity contribution < 1.29 is 22.8 Å². The molecule has 0 heterocycles. The van der Waals surface area contributed by atoms with Crippen LogP contribution in [0.4, 0.5) is 4.79 Å². The molecule has 0 radical (unpaired) electrons. The Morgan fingerprint density at radius 1 is 1.00 bits per heavy atom. The Labute approximate surface area is 134 Å². The predicted octanol–water partition coefficient (Wildman–Crippen LogP) is 1.35. The number of amides is 3. The van der Waals surface area contributed by atoms with Crippen LogP contribution in [0.1, 0.15) is 10.4 Å². The molecule has 7 nitrogen and oxygen atoms in total. The van der Waals surface area contributed by atoms with Gasteiger partial charge in [-0.05, 0) is 0 Å². The quantitative estimate of drug-likeness (QED) is 0.722. The van der Waals surface area contributed by atoms with Crippen molar-refractivity contribution in [3.63, 3.8) is 0 Å². The summed E-state index contributed by atoms with van der Waals surface area (Å²) in [7, 11) is -4.69. The van der Waals surface area contributed by atoms with Gasteiger partial charge in [0.15, 0.2) is 0 Å². The van der Waals surface area contributed by atoms with Crippen LogP contribution < -0.4 is 10.0 Å². The number of imide groups is 1. The molecule has 1 aromatic carbocycles. The number of hydrogen-bond acceptors (Lipinski definition) is 5. The summed E-state index contributed by atoms with van der Waals surface area (Å²) < 4.78 is 22.2. The summed E-state index contributed by atoms with van der Waals surface area (Å²) >= 11 is 15.5. The highest BCUT2D eigenvalue weighted by Crippen LogP contribution is 2.25. The maximum absolute atomic E-state index is 11.7. The molecular formula is C10H7Cl3N2O5S. The van der Waals surface area contributed by atoms with E-state index >= 15 is 0 Å². The molecule has 0 aliphatic carbocycles. The lowest BCUT2D eigenvalue weighted by Gasteiger charge is -2.11. The standard InChI is InChI=1S/C10H7Cl3N2O5S/c11-10(12,13)8(17)14-9(18)15-21(19,20)7(16)6-4-2-1-3-5-6/h1-5H,(H2,14,15,17,18). The topological polar surface area (TPSA) is 109 Å². The largest absolute Gasteiger partial charge is 0.335 e. The van der Waals surface area contributed by atoms with Gasteiger partial charge < -0.3 is 0 Å². The fourth-order valence-electron chi connectivity index (χ4n) is 1.10. The van der Waals surface area contributed by atoms with Crippen molar-refractivity contribution in [3.05, 3.63) is 35.9 Å². The van der Waals surface area contributed by atoms with Crippen molar-refractivity contribution in [1.82, 2.24) is 10.0 Å². The number of alkyl halides is 3. The van der Waals surface area contributed by atoms with Crippen molar-refractivity contribution in [2.75, 3.05) is 0 Å². The van der Waals surface area contributed by atoms with Gasteiger partial charge in [0.05, 0.1) is 0 Å². The van der Waals surface area contributed by atoms with E-state index in [9.17, 15) is 22.8 Å². The van der Waals surface area contributed by atoms with Crippen LogP contribution in [-0.4, -0.2) is 29.3 Å². The second-order valence-corrected chi connectivity index (χ2v) is 7.40. The summed E-state index contributed by atoms with van der Waals surface area (Å²) in [5, 5.41) is 0.119. The average molecular weight is 374 g/mol. The highest BCUT2D eigenvalue weighted by Gasteiger charge is 2.34. The van der Waals surface area contributed by atoms with E-state index in [4.69, 9.17) is 34.8 Å². The van der Waals surface area contributed by atoms with Gasteiger partial charge in [0.25, 0.3) is 14.8 Å². The van der Waals surface area contributed by atoms with E-state index < -0.39 is 30.9 Å². The first-order valence-electron chi connectivity index (χ1n) is 5.08. The minimum absolute atomic E-state index is 0.162. The smallest absolute Gasteiger partial charge is 0.274 e. The number of carbonyl (C=O) groups excluding carboxylic acids is 3. The van der Waals surface area contributed by atoms with Crippen molar-refractivity contribution in [2.45, 2.75) is 3.79 Å². The first kappa shape index (κ1) is 17.7. The molecule has 0 spiro atoms. The number of benzene rings is 1. The van der Waals surface area contributed by atoms with Crippen molar-refractivity contribution >= 4 is 61.9 Å². The fourth-order valence-corrected chi connectivity index (χ4v) is 2.07. The highest BCUT2D eigenvalue weighted by atomic mass is 35.6. The Balaban J connectivity index is 2.80. The first-order valence-corrected chi connectivity index (χ1v) is 7.70. The van der Waals surface area contributed by atoms with Crippen molar-refractivity contribution in [2.24, 2.45) is 0 Å². The second-order valence-electron chi connectivity index (χ2n) is 3.54. The van der Waals surface area contributed by atoms with Gasteiger partial charge in [-0.1, -0.05) is 65.1 Å². The number of urea groups is 1. The van der Waals surface area contributed by atoms with E-state index in [1.807, 2.05) is 0 Å². The van der Waals surface area contributed by atoms with Crippen LogP contribution in [0.5, 0.6) is 0 Å². The lowest BCUT2D eigenvalue weighted by molar-refractivity contribution is -0.119. The van der Waals surface area contributed by atoms with Gasteiger partial charge in [0, 0.05) is 5.56 Å². The maximum Gasteiger partial charge on any atom is 0.335 e. The SMILES string of the molecule is O=C(NC(=O)C(Cl)(Cl)Cl)NS(=O)(=O)C(=O)c1ccccc1. The molecule has 1 rings (SSSR count). The minimum atomic E-state index is -4.69. The Hall–Kier alpha value is -1.35. The number of nitrogens with one attached hydrogen (secondary N) is 2. The normalized spacial score (nSPS) is 11.6. The van der Waals surface area contributed by atoms with Gasteiger partial charge in [-0.25, -0.2) is 9.52 Å². The molecule has 0 saturated carbocycles. The molecule has 0 saturated heterocycles. The first-order chi connectivity index (χ1) is 9.54. The molecule has 0 fully saturated rings. The molecule has 11 heteroatoms. The van der Waals surface area contributed by atoms with Crippen LogP contribution in [0.25, 0.3) is 0 Å². The van der Waals surface area contributed by atoms with Crippen LogP contribution >= 0.6 is 34.8 Å². The van der Waals surface area contributed by atoms with Gasteiger partial charge in [0.2, 0.25) is 0 Å². The summed E-state index contributed by atoms with van der Waals surface area (Å²) in [5.74, 6) is -1.37. The summed E-state index contributed by atoms with van der Waals surface area (Å²) in [6, 6.07) is 5.42. The van der Waals surface area contributed by atoms with Crippen molar-refractivity contribution in [3.8, 4) is 0 Å². The Bertz CT molecular complexity index is 670. The average Bonchev–Trinajstić information content (AvgIpc) is 2.36. The van der Waals surface area contributed by atoms with Gasteiger partial charge >= 0.3 is 16.1 Å². The number of carbonyl (C=O) groups is 3. The number of halogens is 3. The van der Waals surface area contributed by atoms with Crippen LogP contribution in [0, 0.1) is 0 Å². The molecule has 114 valence electrons. The third kappa shape index (κ3) is 5.16. The summed E-state index contributed by atoms with van der Waals surface area (Å²) in [6.45, 7) is 0. The van der Waals surface area contributed by atoms with Crippen LogP contribution in [0.15, 0.2) is 30.3 Å². The summed E-state index contributed by atoms with van der Waals surface area (Å²) in [6.07, 6.45) is 0. The Kier molecular flexibility index (Phi) is 5.57. The Morgan fingerprint density at radius 3 is 2.00 bits per heavy atom. The molecule has 0 unspecified atom stereocenters. The third-order valence-corrected chi connectivity index (χ3v) is 3.66. The van der Waals surface area contributed by atoms with E-state index in [0.29, 0.717) is 0 Å². The lowest BCUT2D eigenvalue weighted by atomic mass is 10.2. The molecule has 1 aromatic rings. The zero-order valence-electron chi connectivity index (χ0n) is 9.97. The predicted molar refractivity (Wildman–Crippen MR) is 76.7 cm³/mol. The van der Waals surface area contributed by atoms with Gasteiger partial charge in [-0.2, -0.15) is 8.42 Å². The van der Waals surface area contributed by atoms with Crippen LogP contribution in [0.3, 0.4) is 0 Å². The minimum Gasteiger partial charge on any atom is -0.274 e. The third-order valence-electron chi connectivity index (χ3n) is 1.97. The van der Waals surface area contributed by atoms with E-state index in [2.05, 4.69) is 0 Å².